The minimum Gasteiger partial charge on any atom is -0.385 e. The van der Waals surface area contributed by atoms with Crippen LogP contribution >= 0.6 is 23.2 Å². The molecule has 0 aromatic carbocycles. The first-order chi connectivity index (χ1) is 6.74. The average molecular weight is 242 g/mol. The van der Waals surface area contributed by atoms with Crippen LogP contribution in [0.15, 0.2) is 0 Å². The van der Waals surface area contributed by atoms with Crippen LogP contribution in [-0.2, 0) is 4.74 Å². The standard InChI is InChI=1S/C10H21Cl2NO/c1-3-10(8-11,9-12)13-6-4-5-7-14-2/h13H,3-9H2,1-2H3. The molecule has 0 amide bonds. The summed E-state index contributed by atoms with van der Waals surface area (Å²) in [6, 6.07) is 0. The molecular formula is C10H21Cl2NO. The van der Waals surface area contributed by atoms with Gasteiger partial charge in [-0.3, -0.25) is 0 Å². The second-order valence-corrected chi connectivity index (χ2v) is 4.06. The lowest BCUT2D eigenvalue weighted by Gasteiger charge is -2.29. The van der Waals surface area contributed by atoms with Gasteiger partial charge in [0.2, 0.25) is 0 Å². The lowest BCUT2D eigenvalue weighted by atomic mass is 10.0. The molecule has 0 aliphatic heterocycles. The Balaban J connectivity index is 3.61. The summed E-state index contributed by atoms with van der Waals surface area (Å²) in [7, 11) is 1.72. The van der Waals surface area contributed by atoms with E-state index in [-0.39, 0.29) is 5.54 Å². The van der Waals surface area contributed by atoms with Gasteiger partial charge in [-0.15, -0.1) is 23.2 Å². The maximum Gasteiger partial charge on any atom is 0.0462 e. The van der Waals surface area contributed by atoms with Crippen LogP contribution in [0.2, 0.25) is 0 Å². The third-order valence-electron chi connectivity index (χ3n) is 2.46. The first-order valence-electron chi connectivity index (χ1n) is 5.10. The highest BCUT2D eigenvalue weighted by Crippen LogP contribution is 2.14. The second-order valence-electron chi connectivity index (χ2n) is 3.53. The van der Waals surface area contributed by atoms with Gasteiger partial charge in [0.1, 0.15) is 0 Å². The fourth-order valence-electron chi connectivity index (χ4n) is 1.17. The second kappa shape index (κ2) is 8.78. The van der Waals surface area contributed by atoms with Crippen molar-refractivity contribution in [2.75, 3.05) is 32.0 Å². The molecule has 0 atom stereocenters. The van der Waals surface area contributed by atoms with Crippen molar-refractivity contribution in [1.29, 1.82) is 0 Å². The van der Waals surface area contributed by atoms with E-state index in [2.05, 4.69) is 12.2 Å². The summed E-state index contributed by atoms with van der Waals surface area (Å²) in [5.74, 6) is 1.13. The zero-order chi connectivity index (χ0) is 10.9. The van der Waals surface area contributed by atoms with Gasteiger partial charge in [-0.2, -0.15) is 0 Å². The van der Waals surface area contributed by atoms with Crippen LogP contribution in [-0.4, -0.2) is 37.6 Å². The molecule has 0 rings (SSSR count). The molecule has 0 fully saturated rings. The normalized spacial score (nSPS) is 12.0. The van der Waals surface area contributed by atoms with Crippen molar-refractivity contribution in [2.45, 2.75) is 31.7 Å². The Kier molecular flexibility index (Phi) is 9.09. The van der Waals surface area contributed by atoms with Gasteiger partial charge in [0.05, 0.1) is 0 Å². The molecule has 0 aromatic heterocycles. The van der Waals surface area contributed by atoms with E-state index in [1.54, 1.807) is 7.11 Å². The lowest BCUT2D eigenvalue weighted by molar-refractivity contribution is 0.191. The number of ether oxygens (including phenoxy) is 1. The Morgan fingerprint density at radius 1 is 1.21 bits per heavy atom. The zero-order valence-electron chi connectivity index (χ0n) is 9.11. The largest absolute Gasteiger partial charge is 0.385 e. The van der Waals surface area contributed by atoms with Crippen molar-refractivity contribution in [2.24, 2.45) is 0 Å². The highest BCUT2D eigenvalue weighted by Gasteiger charge is 2.24. The molecule has 0 spiro atoms. The van der Waals surface area contributed by atoms with E-state index < -0.39 is 0 Å². The molecule has 1 N–H and O–H groups in total. The lowest BCUT2D eigenvalue weighted by Crippen LogP contribution is -2.48. The Morgan fingerprint density at radius 3 is 2.29 bits per heavy atom. The number of hydrogen-bond acceptors (Lipinski definition) is 2. The minimum atomic E-state index is -0.0871. The summed E-state index contributed by atoms with van der Waals surface area (Å²) < 4.78 is 4.97. The van der Waals surface area contributed by atoms with Crippen LogP contribution < -0.4 is 5.32 Å². The maximum atomic E-state index is 5.89. The Labute approximate surface area is 97.3 Å². The Hall–Kier alpha value is 0.500. The van der Waals surface area contributed by atoms with Gasteiger partial charge in [-0.1, -0.05) is 6.92 Å². The van der Waals surface area contributed by atoms with E-state index in [4.69, 9.17) is 27.9 Å². The quantitative estimate of drug-likeness (QED) is 0.495. The Bertz CT molecular complexity index is 121. The van der Waals surface area contributed by atoms with Gasteiger partial charge in [0.25, 0.3) is 0 Å². The molecule has 0 aliphatic carbocycles. The number of nitrogens with one attached hydrogen (secondary N) is 1. The monoisotopic (exact) mass is 241 g/mol. The molecular weight excluding hydrogens is 221 g/mol. The van der Waals surface area contributed by atoms with Gasteiger partial charge in [-0.25, -0.2) is 0 Å². The third-order valence-corrected chi connectivity index (χ3v) is 3.49. The number of unbranched alkanes of at least 4 members (excludes halogenated alkanes) is 1. The number of hydrogen-bond donors (Lipinski definition) is 1. The molecule has 86 valence electrons. The predicted octanol–water partition coefficient (Wildman–Crippen LogP) is 2.63. The molecule has 14 heavy (non-hydrogen) atoms. The SMILES string of the molecule is CCC(CCl)(CCl)NCCCCOC. The first-order valence-corrected chi connectivity index (χ1v) is 6.17. The van der Waals surface area contributed by atoms with Crippen LogP contribution in [0, 0.1) is 0 Å². The summed E-state index contributed by atoms with van der Waals surface area (Å²) >= 11 is 11.8. The van der Waals surface area contributed by atoms with Crippen molar-refractivity contribution in [3.8, 4) is 0 Å². The number of rotatable bonds is 9. The number of halogens is 2. The van der Waals surface area contributed by atoms with Crippen LogP contribution in [0.1, 0.15) is 26.2 Å². The fourth-order valence-corrected chi connectivity index (χ4v) is 2.02. The van der Waals surface area contributed by atoms with Crippen molar-refractivity contribution < 1.29 is 4.74 Å². The third kappa shape index (κ3) is 5.40. The minimum absolute atomic E-state index is 0.0871. The highest BCUT2D eigenvalue weighted by atomic mass is 35.5. The van der Waals surface area contributed by atoms with Crippen LogP contribution in [0.5, 0.6) is 0 Å². The topological polar surface area (TPSA) is 21.3 Å². The van der Waals surface area contributed by atoms with E-state index in [0.29, 0.717) is 11.8 Å². The molecule has 0 heterocycles. The van der Waals surface area contributed by atoms with E-state index >= 15 is 0 Å². The van der Waals surface area contributed by atoms with E-state index in [9.17, 15) is 0 Å². The number of methoxy groups -OCH3 is 1. The van der Waals surface area contributed by atoms with Crippen molar-refractivity contribution in [1.82, 2.24) is 5.32 Å². The van der Waals surface area contributed by atoms with Crippen LogP contribution in [0.3, 0.4) is 0 Å². The smallest absolute Gasteiger partial charge is 0.0462 e. The van der Waals surface area contributed by atoms with Gasteiger partial charge in [0, 0.05) is 31.0 Å². The average Bonchev–Trinajstić information content (AvgIpc) is 2.24. The fraction of sp³-hybridized carbons (Fsp3) is 1.00. The van der Waals surface area contributed by atoms with Gasteiger partial charge >= 0.3 is 0 Å². The highest BCUT2D eigenvalue weighted by molar-refractivity contribution is 6.22. The molecule has 0 bridgehead atoms. The summed E-state index contributed by atoms with van der Waals surface area (Å²) in [5.41, 5.74) is -0.0871. The summed E-state index contributed by atoms with van der Waals surface area (Å²) in [4.78, 5) is 0. The summed E-state index contributed by atoms with van der Waals surface area (Å²) in [5, 5.41) is 3.42. The molecule has 0 unspecified atom stereocenters. The van der Waals surface area contributed by atoms with Gasteiger partial charge in [-0.05, 0) is 25.8 Å². The van der Waals surface area contributed by atoms with Gasteiger partial charge in [0.15, 0.2) is 0 Å². The molecule has 2 nitrogen and oxygen atoms in total. The van der Waals surface area contributed by atoms with Crippen LogP contribution in [0.25, 0.3) is 0 Å². The molecule has 0 aromatic rings. The first kappa shape index (κ1) is 14.5. The molecule has 0 saturated heterocycles. The van der Waals surface area contributed by atoms with Crippen LogP contribution in [0.4, 0.5) is 0 Å². The van der Waals surface area contributed by atoms with Crippen molar-refractivity contribution in [3.05, 3.63) is 0 Å². The van der Waals surface area contributed by atoms with E-state index in [1.807, 2.05) is 0 Å². The van der Waals surface area contributed by atoms with Crippen molar-refractivity contribution >= 4 is 23.2 Å². The van der Waals surface area contributed by atoms with E-state index in [0.717, 1.165) is 32.4 Å². The predicted molar refractivity (Wildman–Crippen MR) is 63.6 cm³/mol. The molecule has 0 radical (unpaired) electrons. The molecule has 0 saturated carbocycles. The number of alkyl halides is 2. The molecule has 4 heteroatoms. The summed E-state index contributed by atoms with van der Waals surface area (Å²) in [6.45, 7) is 3.88. The molecule has 0 aliphatic rings. The van der Waals surface area contributed by atoms with Gasteiger partial charge < -0.3 is 10.1 Å². The maximum absolute atomic E-state index is 5.89. The van der Waals surface area contributed by atoms with Crippen molar-refractivity contribution in [3.63, 3.8) is 0 Å². The Morgan fingerprint density at radius 2 is 1.86 bits per heavy atom. The zero-order valence-corrected chi connectivity index (χ0v) is 10.6. The summed E-state index contributed by atoms with van der Waals surface area (Å²) in [6.07, 6.45) is 3.14. The van der Waals surface area contributed by atoms with E-state index in [1.165, 1.54) is 0 Å².